The highest BCUT2D eigenvalue weighted by molar-refractivity contribution is 9.10. The van der Waals surface area contributed by atoms with Gasteiger partial charge in [-0.1, -0.05) is 30.3 Å². The molecule has 0 bridgehead atoms. The van der Waals surface area contributed by atoms with E-state index in [2.05, 4.69) is 20.9 Å². The Morgan fingerprint density at radius 2 is 1.85 bits per heavy atom. The Labute approximate surface area is 122 Å². The number of halogens is 1. The first-order chi connectivity index (χ1) is 9.74. The van der Waals surface area contributed by atoms with Crippen LogP contribution in [0.25, 0.3) is 33.3 Å². The van der Waals surface area contributed by atoms with Crippen LogP contribution in [0.2, 0.25) is 0 Å². The van der Waals surface area contributed by atoms with Crippen molar-refractivity contribution in [3.8, 4) is 11.5 Å². The van der Waals surface area contributed by atoms with Gasteiger partial charge >= 0.3 is 0 Å². The van der Waals surface area contributed by atoms with E-state index in [1.165, 1.54) is 6.07 Å². The molecule has 0 fully saturated rings. The van der Waals surface area contributed by atoms with E-state index in [1.54, 1.807) is 6.07 Å². The molecule has 1 aliphatic heterocycles. The minimum absolute atomic E-state index is 0.108. The molecule has 0 radical (unpaired) electrons. The van der Waals surface area contributed by atoms with Crippen LogP contribution in [0.15, 0.2) is 62.2 Å². The summed E-state index contributed by atoms with van der Waals surface area (Å²) in [5, 5.41) is 2.15. The predicted octanol–water partition coefficient (Wildman–Crippen LogP) is 4.21. The van der Waals surface area contributed by atoms with E-state index in [9.17, 15) is 4.79 Å². The molecule has 2 aromatic rings. The molecule has 0 atom stereocenters. The zero-order valence-electron chi connectivity index (χ0n) is 10.3. The maximum Gasteiger partial charge on any atom is 0.196 e. The van der Waals surface area contributed by atoms with Gasteiger partial charge in [-0.2, -0.15) is 0 Å². The van der Waals surface area contributed by atoms with Gasteiger partial charge in [-0.25, -0.2) is 4.98 Å². The van der Waals surface area contributed by atoms with Crippen molar-refractivity contribution in [1.29, 1.82) is 0 Å². The zero-order chi connectivity index (χ0) is 13.7. The molecule has 96 valence electrons. The highest BCUT2D eigenvalue weighted by Crippen LogP contribution is 2.32. The summed E-state index contributed by atoms with van der Waals surface area (Å²) in [6, 6.07) is 15.1. The summed E-state index contributed by atoms with van der Waals surface area (Å²) in [5.41, 5.74) is 2.03. The SMILES string of the molecule is O=c1ccc2nc3c(ccc4ccccc43)oc-2c1Br. The molecule has 20 heavy (non-hydrogen) atoms. The molecule has 0 saturated heterocycles. The topological polar surface area (TPSA) is 43.1 Å². The van der Waals surface area contributed by atoms with Gasteiger partial charge in [0, 0.05) is 5.39 Å². The molecule has 4 rings (SSSR count). The van der Waals surface area contributed by atoms with Crippen molar-refractivity contribution < 1.29 is 4.42 Å². The fourth-order valence-corrected chi connectivity index (χ4v) is 2.79. The summed E-state index contributed by atoms with van der Waals surface area (Å²) in [5.74, 6) is 0.486. The van der Waals surface area contributed by atoms with E-state index >= 15 is 0 Å². The summed E-state index contributed by atoms with van der Waals surface area (Å²) in [4.78, 5) is 16.3. The zero-order valence-corrected chi connectivity index (χ0v) is 11.8. The van der Waals surface area contributed by atoms with Crippen molar-refractivity contribution in [2.75, 3.05) is 0 Å². The van der Waals surface area contributed by atoms with Gasteiger partial charge in [-0.3, -0.25) is 4.79 Å². The molecular weight excluding hydrogens is 318 g/mol. The third-order valence-corrected chi connectivity index (χ3v) is 4.10. The second-order valence-electron chi connectivity index (χ2n) is 4.57. The molecule has 0 amide bonds. The molecule has 0 saturated carbocycles. The van der Waals surface area contributed by atoms with Gasteiger partial charge in [-0.15, -0.1) is 0 Å². The molecule has 0 N–H and O–H groups in total. The molecular formula is C16H8BrNO2. The van der Waals surface area contributed by atoms with Gasteiger partial charge < -0.3 is 4.42 Å². The first-order valence-electron chi connectivity index (χ1n) is 6.15. The Morgan fingerprint density at radius 3 is 2.75 bits per heavy atom. The Balaban J connectivity index is 2.25. The number of hydrogen-bond acceptors (Lipinski definition) is 3. The summed E-state index contributed by atoms with van der Waals surface area (Å²) in [6.45, 7) is 0. The molecule has 0 aromatic heterocycles. The van der Waals surface area contributed by atoms with Crippen molar-refractivity contribution in [2.24, 2.45) is 0 Å². The quantitative estimate of drug-likeness (QED) is 0.359. The summed E-state index contributed by atoms with van der Waals surface area (Å²) in [6.07, 6.45) is 0. The lowest BCUT2D eigenvalue weighted by Crippen LogP contribution is -2.03. The molecule has 3 nitrogen and oxygen atoms in total. The lowest BCUT2D eigenvalue weighted by molar-refractivity contribution is 0.610. The van der Waals surface area contributed by atoms with Gasteiger partial charge in [0.15, 0.2) is 16.8 Å². The van der Waals surface area contributed by atoms with Gasteiger partial charge in [0.2, 0.25) is 0 Å². The third-order valence-electron chi connectivity index (χ3n) is 3.35. The van der Waals surface area contributed by atoms with E-state index in [-0.39, 0.29) is 5.43 Å². The van der Waals surface area contributed by atoms with Gasteiger partial charge in [0.05, 0.1) is 0 Å². The van der Waals surface area contributed by atoms with Crippen LogP contribution in [0.1, 0.15) is 0 Å². The number of aromatic nitrogens is 1. The van der Waals surface area contributed by atoms with Crippen LogP contribution >= 0.6 is 15.9 Å². The predicted molar refractivity (Wildman–Crippen MR) is 82.1 cm³/mol. The highest BCUT2D eigenvalue weighted by Gasteiger charge is 2.15. The third kappa shape index (κ3) is 1.58. The highest BCUT2D eigenvalue weighted by atomic mass is 79.9. The normalized spacial score (nSPS) is 11.4. The Bertz CT molecular complexity index is 990. The number of fused-ring (bicyclic) bond motifs is 4. The van der Waals surface area contributed by atoms with Gasteiger partial charge in [0.25, 0.3) is 0 Å². The van der Waals surface area contributed by atoms with Crippen LogP contribution in [0.5, 0.6) is 0 Å². The van der Waals surface area contributed by atoms with Crippen molar-refractivity contribution in [3.63, 3.8) is 0 Å². The van der Waals surface area contributed by atoms with Crippen molar-refractivity contribution in [1.82, 2.24) is 4.98 Å². The standard InChI is InChI=1S/C16H8BrNO2/c17-14-12(19)7-6-11-16(14)20-13-8-5-9-3-1-2-4-10(9)15(13)18-11/h1-8H. The van der Waals surface area contributed by atoms with Crippen LogP contribution in [-0.2, 0) is 0 Å². The van der Waals surface area contributed by atoms with E-state index in [0.717, 1.165) is 16.3 Å². The summed E-state index contributed by atoms with van der Waals surface area (Å²) in [7, 11) is 0. The van der Waals surface area contributed by atoms with Gasteiger partial charge in [0.1, 0.15) is 15.7 Å². The van der Waals surface area contributed by atoms with Crippen LogP contribution in [0.3, 0.4) is 0 Å². The number of rotatable bonds is 0. The minimum Gasteiger partial charge on any atom is -0.451 e. The maximum absolute atomic E-state index is 11.6. The number of benzene rings is 3. The molecule has 0 unspecified atom stereocenters. The van der Waals surface area contributed by atoms with Crippen molar-refractivity contribution in [2.45, 2.75) is 0 Å². The largest absolute Gasteiger partial charge is 0.451 e. The minimum atomic E-state index is -0.108. The Hall–Kier alpha value is -2.20. The fourth-order valence-electron chi connectivity index (χ4n) is 2.38. The molecule has 0 spiro atoms. The first kappa shape index (κ1) is 11.6. The second kappa shape index (κ2) is 4.15. The Morgan fingerprint density at radius 1 is 1.00 bits per heavy atom. The number of nitrogens with zero attached hydrogens (tertiary/aromatic N) is 1. The van der Waals surface area contributed by atoms with E-state index < -0.39 is 0 Å². The maximum atomic E-state index is 11.6. The fraction of sp³-hybridized carbons (Fsp3) is 0. The summed E-state index contributed by atoms with van der Waals surface area (Å²) < 4.78 is 6.27. The molecule has 2 aromatic carbocycles. The number of hydrogen-bond donors (Lipinski definition) is 0. The lowest BCUT2D eigenvalue weighted by atomic mass is 10.1. The van der Waals surface area contributed by atoms with Crippen LogP contribution in [0.4, 0.5) is 0 Å². The molecule has 1 aliphatic carbocycles. The Kier molecular flexibility index (Phi) is 2.41. The van der Waals surface area contributed by atoms with Crippen LogP contribution < -0.4 is 5.43 Å². The summed E-state index contributed by atoms with van der Waals surface area (Å²) >= 11 is 3.27. The first-order valence-corrected chi connectivity index (χ1v) is 6.94. The van der Waals surface area contributed by atoms with E-state index in [4.69, 9.17) is 4.42 Å². The molecule has 1 heterocycles. The average Bonchev–Trinajstić information content (AvgIpc) is 2.50. The average molecular weight is 326 g/mol. The van der Waals surface area contributed by atoms with Gasteiger partial charge in [-0.05, 0) is 39.5 Å². The lowest BCUT2D eigenvalue weighted by Gasteiger charge is -2.09. The smallest absolute Gasteiger partial charge is 0.196 e. The van der Waals surface area contributed by atoms with Crippen LogP contribution in [0, 0.1) is 0 Å². The van der Waals surface area contributed by atoms with E-state index in [1.807, 2.05) is 36.4 Å². The van der Waals surface area contributed by atoms with E-state index in [0.29, 0.717) is 21.5 Å². The second-order valence-corrected chi connectivity index (χ2v) is 5.37. The van der Waals surface area contributed by atoms with Crippen LogP contribution in [-0.4, -0.2) is 4.98 Å². The molecule has 4 heteroatoms. The molecule has 2 aliphatic rings. The van der Waals surface area contributed by atoms with Crippen molar-refractivity contribution >= 4 is 37.8 Å². The monoisotopic (exact) mass is 325 g/mol. The van der Waals surface area contributed by atoms with Crippen molar-refractivity contribution in [3.05, 3.63) is 63.2 Å².